The number of thiophene rings is 1. The standard InChI is InChI=1S/C22H22ClN3O2S2/c1-3-10-24-18(27)12-29-22-25-20-19(16-9-4-13(2)11-17(16)30-20)21(28)26(22)15-7-5-14(23)6-8-15/h3,5-8,13H,1,4,9-12H2,2H3,(H,24,27). The summed E-state index contributed by atoms with van der Waals surface area (Å²) in [7, 11) is 0. The molecule has 2 heterocycles. The molecule has 1 amide bonds. The third-order valence-corrected chi connectivity index (χ3v) is 7.50. The predicted octanol–water partition coefficient (Wildman–Crippen LogP) is 4.62. The number of aromatic nitrogens is 2. The number of hydrogen-bond acceptors (Lipinski definition) is 5. The molecule has 0 saturated heterocycles. The number of thioether (sulfide) groups is 1. The van der Waals surface area contributed by atoms with Gasteiger partial charge in [-0.2, -0.15) is 0 Å². The summed E-state index contributed by atoms with van der Waals surface area (Å²) in [6.45, 7) is 6.26. The first-order valence-electron chi connectivity index (χ1n) is 9.81. The number of rotatable bonds is 6. The summed E-state index contributed by atoms with van der Waals surface area (Å²) in [4.78, 5) is 32.6. The Kier molecular flexibility index (Phi) is 6.32. The molecule has 1 N–H and O–H groups in total. The highest BCUT2D eigenvalue weighted by atomic mass is 35.5. The van der Waals surface area contributed by atoms with E-state index in [1.807, 2.05) is 0 Å². The topological polar surface area (TPSA) is 64.0 Å². The number of aryl methyl sites for hydroxylation is 1. The summed E-state index contributed by atoms with van der Waals surface area (Å²) in [5.41, 5.74) is 1.76. The van der Waals surface area contributed by atoms with Crippen molar-refractivity contribution in [1.29, 1.82) is 0 Å². The van der Waals surface area contributed by atoms with E-state index in [0.717, 1.165) is 35.0 Å². The van der Waals surface area contributed by atoms with Gasteiger partial charge in [-0.1, -0.05) is 36.4 Å². The van der Waals surface area contributed by atoms with Gasteiger partial charge in [-0.3, -0.25) is 14.2 Å². The van der Waals surface area contributed by atoms with Crippen molar-refractivity contribution in [3.05, 3.63) is 62.7 Å². The molecule has 1 aliphatic carbocycles. The molecule has 0 spiro atoms. The summed E-state index contributed by atoms with van der Waals surface area (Å²) in [5, 5.41) is 4.58. The zero-order valence-electron chi connectivity index (χ0n) is 16.6. The zero-order valence-corrected chi connectivity index (χ0v) is 19.0. The molecule has 0 radical (unpaired) electrons. The lowest BCUT2D eigenvalue weighted by atomic mass is 9.89. The smallest absolute Gasteiger partial charge is 0.267 e. The van der Waals surface area contributed by atoms with Crippen LogP contribution in [0, 0.1) is 5.92 Å². The van der Waals surface area contributed by atoms with Gasteiger partial charge in [0.2, 0.25) is 5.91 Å². The van der Waals surface area contributed by atoms with Crippen LogP contribution in [0.25, 0.3) is 15.9 Å². The van der Waals surface area contributed by atoms with Gasteiger partial charge >= 0.3 is 0 Å². The van der Waals surface area contributed by atoms with Crippen molar-refractivity contribution in [2.75, 3.05) is 12.3 Å². The second-order valence-corrected chi connectivity index (χ2v) is 9.89. The lowest BCUT2D eigenvalue weighted by Gasteiger charge is -2.17. The molecular formula is C22H22ClN3O2S2. The Morgan fingerprint density at radius 1 is 1.43 bits per heavy atom. The van der Waals surface area contributed by atoms with Crippen LogP contribution in [0.5, 0.6) is 0 Å². The average Bonchev–Trinajstić information content (AvgIpc) is 3.09. The molecular weight excluding hydrogens is 438 g/mol. The van der Waals surface area contributed by atoms with Gasteiger partial charge in [-0.15, -0.1) is 17.9 Å². The highest BCUT2D eigenvalue weighted by molar-refractivity contribution is 7.99. The van der Waals surface area contributed by atoms with Gasteiger partial charge in [0, 0.05) is 16.4 Å². The van der Waals surface area contributed by atoms with Crippen LogP contribution in [0.3, 0.4) is 0 Å². The molecule has 1 unspecified atom stereocenters. The number of carbonyl (C=O) groups is 1. The summed E-state index contributed by atoms with van der Waals surface area (Å²) >= 11 is 8.92. The van der Waals surface area contributed by atoms with E-state index in [1.54, 1.807) is 46.2 Å². The second kappa shape index (κ2) is 8.96. The highest BCUT2D eigenvalue weighted by Gasteiger charge is 2.25. The van der Waals surface area contributed by atoms with E-state index >= 15 is 0 Å². The monoisotopic (exact) mass is 459 g/mol. The summed E-state index contributed by atoms with van der Waals surface area (Å²) in [6.07, 6.45) is 4.61. The van der Waals surface area contributed by atoms with Gasteiger partial charge in [0.1, 0.15) is 4.83 Å². The minimum absolute atomic E-state index is 0.0802. The van der Waals surface area contributed by atoms with Crippen LogP contribution in [0.4, 0.5) is 0 Å². The molecule has 4 rings (SSSR count). The minimum atomic E-state index is -0.129. The first-order chi connectivity index (χ1) is 14.5. The Morgan fingerprint density at radius 2 is 2.20 bits per heavy atom. The number of amides is 1. The number of carbonyl (C=O) groups excluding carboxylic acids is 1. The van der Waals surface area contributed by atoms with E-state index in [0.29, 0.717) is 28.3 Å². The lowest BCUT2D eigenvalue weighted by Crippen LogP contribution is -2.26. The number of benzene rings is 1. The lowest BCUT2D eigenvalue weighted by molar-refractivity contribution is -0.118. The van der Waals surface area contributed by atoms with E-state index in [1.165, 1.54) is 16.6 Å². The van der Waals surface area contributed by atoms with Gasteiger partial charge in [-0.25, -0.2) is 4.98 Å². The Morgan fingerprint density at radius 3 is 2.93 bits per heavy atom. The van der Waals surface area contributed by atoms with Crippen molar-refractivity contribution in [3.8, 4) is 5.69 Å². The largest absolute Gasteiger partial charge is 0.352 e. The maximum absolute atomic E-state index is 13.6. The molecule has 8 heteroatoms. The van der Waals surface area contributed by atoms with Crippen molar-refractivity contribution in [1.82, 2.24) is 14.9 Å². The first-order valence-corrected chi connectivity index (χ1v) is 12.0. The molecule has 1 atom stereocenters. The van der Waals surface area contributed by atoms with E-state index in [2.05, 4.69) is 18.8 Å². The van der Waals surface area contributed by atoms with Crippen LogP contribution in [-0.4, -0.2) is 27.8 Å². The van der Waals surface area contributed by atoms with E-state index in [-0.39, 0.29) is 17.2 Å². The van der Waals surface area contributed by atoms with Gasteiger partial charge in [-0.05, 0) is 55.0 Å². The van der Waals surface area contributed by atoms with Crippen molar-refractivity contribution in [2.45, 2.75) is 31.3 Å². The van der Waals surface area contributed by atoms with Crippen LogP contribution < -0.4 is 10.9 Å². The molecule has 156 valence electrons. The zero-order chi connectivity index (χ0) is 21.3. The van der Waals surface area contributed by atoms with Crippen LogP contribution >= 0.6 is 34.7 Å². The van der Waals surface area contributed by atoms with Crippen molar-refractivity contribution >= 4 is 50.8 Å². The fourth-order valence-electron chi connectivity index (χ4n) is 3.65. The third-order valence-electron chi connectivity index (χ3n) is 5.16. The van der Waals surface area contributed by atoms with E-state index < -0.39 is 0 Å². The molecule has 0 aliphatic heterocycles. The van der Waals surface area contributed by atoms with Gasteiger partial charge in [0.15, 0.2) is 5.16 Å². The number of halogens is 1. The fourth-order valence-corrected chi connectivity index (χ4v) is 6.05. The molecule has 5 nitrogen and oxygen atoms in total. The van der Waals surface area contributed by atoms with Gasteiger partial charge in [0.05, 0.1) is 16.8 Å². The molecule has 1 aliphatic rings. The van der Waals surface area contributed by atoms with Crippen LogP contribution in [-0.2, 0) is 17.6 Å². The summed E-state index contributed by atoms with van der Waals surface area (Å²) in [5.74, 6) is 0.657. The van der Waals surface area contributed by atoms with E-state index in [9.17, 15) is 9.59 Å². The average molecular weight is 460 g/mol. The Labute approximate surface area is 188 Å². The molecule has 1 aromatic carbocycles. The molecule has 0 bridgehead atoms. The van der Waals surface area contributed by atoms with Gasteiger partial charge < -0.3 is 5.32 Å². The fraction of sp³-hybridized carbons (Fsp3) is 0.318. The summed E-state index contributed by atoms with van der Waals surface area (Å²) < 4.78 is 1.61. The molecule has 0 fully saturated rings. The normalized spacial score (nSPS) is 15.7. The van der Waals surface area contributed by atoms with Gasteiger partial charge in [0.25, 0.3) is 5.56 Å². The van der Waals surface area contributed by atoms with Crippen LogP contribution in [0.1, 0.15) is 23.8 Å². The second-order valence-electron chi connectivity index (χ2n) is 7.42. The van der Waals surface area contributed by atoms with Crippen molar-refractivity contribution in [2.24, 2.45) is 5.92 Å². The Balaban J connectivity index is 1.82. The maximum atomic E-state index is 13.6. The Hall–Kier alpha value is -2.09. The number of hydrogen-bond donors (Lipinski definition) is 1. The summed E-state index contributed by atoms with van der Waals surface area (Å²) in [6, 6.07) is 7.12. The number of fused-ring (bicyclic) bond motifs is 3. The van der Waals surface area contributed by atoms with E-state index in [4.69, 9.17) is 16.6 Å². The predicted molar refractivity (Wildman–Crippen MR) is 125 cm³/mol. The van der Waals surface area contributed by atoms with Crippen LogP contribution in [0.2, 0.25) is 5.02 Å². The molecule has 30 heavy (non-hydrogen) atoms. The maximum Gasteiger partial charge on any atom is 0.267 e. The quantitative estimate of drug-likeness (QED) is 0.332. The third kappa shape index (κ3) is 4.19. The number of nitrogens with zero attached hydrogens (tertiary/aromatic N) is 2. The van der Waals surface area contributed by atoms with Crippen molar-refractivity contribution < 1.29 is 4.79 Å². The molecule has 0 saturated carbocycles. The SMILES string of the molecule is C=CCNC(=O)CSc1nc2sc3c(c2c(=O)n1-c1ccc(Cl)cc1)CCC(C)C3. The number of nitrogens with one attached hydrogen (secondary N) is 1. The Bertz CT molecular complexity index is 1170. The highest BCUT2D eigenvalue weighted by Crippen LogP contribution is 2.37. The van der Waals surface area contributed by atoms with Crippen molar-refractivity contribution in [3.63, 3.8) is 0 Å². The molecule has 3 aromatic rings. The minimum Gasteiger partial charge on any atom is -0.352 e. The first kappa shape index (κ1) is 21.2. The van der Waals surface area contributed by atoms with Crippen LogP contribution in [0.15, 0.2) is 46.9 Å². The molecule has 2 aromatic heterocycles.